The van der Waals surface area contributed by atoms with Crippen molar-refractivity contribution in [3.8, 4) is 0 Å². The number of amides is 1. The van der Waals surface area contributed by atoms with Gasteiger partial charge in [-0.2, -0.15) is 13.2 Å². The van der Waals surface area contributed by atoms with Crippen molar-refractivity contribution in [1.29, 1.82) is 0 Å². The number of carbonyl (C=O) groups is 1. The predicted molar refractivity (Wildman–Crippen MR) is 115 cm³/mol. The molecule has 2 atom stereocenters. The first-order chi connectivity index (χ1) is 14.8. The molecule has 0 fully saturated rings. The molecule has 31 heavy (non-hydrogen) atoms. The fraction of sp³-hybridized carbons (Fsp3) is 0.240. The van der Waals surface area contributed by atoms with Gasteiger partial charge in [0.1, 0.15) is 6.17 Å². The molecule has 1 amide bonds. The van der Waals surface area contributed by atoms with Crippen LogP contribution in [0.15, 0.2) is 78.9 Å². The number of hydrogen-bond acceptors (Lipinski definition) is 2. The van der Waals surface area contributed by atoms with Crippen LogP contribution in [0.25, 0.3) is 0 Å². The summed E-state index contributed by atoms with van der Waals surface area (Å²) in [5.74, 6) is -0.111. The van der Waals surface area contributed by atoms with Gasteiger partial charge >= 0.3 is 6.18 Å². The van der Waals surface area contributed by atoms with Crippen LogP contribution in [0.3, 0.4) is 0 Å². The van der Waals surface area contributed by atoms with Crippen LogP contribution in [0, 0.1) is 0 Å². The van der Waals surface area contributed by atoms with Gasteiger partial charge in [-0.3, -0.25) is 4.79 Å². The lowest BCUT2D eigenvalue weighted by molar-refractivity contribution is -0.137. The molecule has 0 aliphatic carbocycles. The van der Waals surface area contributed by atoms with Gasteiger partial charge in [-0.05, 0) is 49.6 Å². The normalized spacial score (nSPS) is 16.8. The van der Waals surface area contributed by atoms with Crippen LogP contribution in [0.2, 0.25) is 0 Å². The molecule has 0 spiro atoms. The van der Waals surface area contributed by atoms with Crippen molar-refractivity contribution in [1.82, 2.24) is 4.90 Å². The van der Waals surface area contributed by atoms with Gasteiger partial charge in [-0.1, -0.05) is 54.6 Å². The molecule has 1 N–H and O–H groups in total. The zero-order valence-corrected chi connectivity index (χ0v) is 17.1. The third-order valence-corrected chi connectivity index (χ3v) is 5.66. The van der Waals surface area contributed by atoms with Gasteiger partial charge in [0, 0.05) is 22.9 Å². The highest BCUT2D eigenvalue weighted by Crippen LogP contribution is 2.38. The lowest BCUT2D eigenvalue weighted by atomic mass is 10.0. The van der Waals surface area contributed by atoms with Crippen LogP contribution in [-0.2, 0) is 12.6 Å². The van der Waals surface area contributed by atoms with Gasteiger partial charge < -0.3 is 10.2 Å². The molecule has 1 aliphatic rings. The molecule has 3 nitrogen and oxygen atoms in total. The van der Waals surface area contributed by atoms with E-state index in [0.29, 0.717) is 11.3 Å². The Labute approximate surface area is 179 Å². The van der Waals surface area contributed by atoms with E-state index in [-0.39, 0.29) is 11.9 Å². The number of alkyl halides is 3. The second kappa shape index (κ2) is 8.46. The maximum Gasteiger partial charge on any atom is 0.416 e. The second-order valence-electron chi connectivity index (χ2n) is 7.80. The molecule has 0 aromatic heterocycles. The van der Waals surface area contributed by atoms with E-state index in [1.165, 1.54) is 11.6 Å². The van der Waals surface area contributed by atoms with E-state index in [4.69, 9.17) is 0 Å². The van der Waals surface area contributed by atoms with E-state index in [2.05, 4.69) is 5.32 Å². The third kappa shape index (κ3) is 4.43. The third-order valence-electron chi connectivity index (χ3n) is 5.66. The molecule has 0 saturated carbocycles. The zero-order valence-electron chi connectivity index (χ0n) is 17.1. The minimum Gasteiger partial charge on any atom is -0.361 e. The van der Waals surface area contributed by atoms with Crippen LogP contribution in [0.4, 0.5) is 18.9 Å². The number of fused-ring (bicyclic) bond motifs is 1. The van der Waals surface area contributed by atoms with Crippen molar-refractivity contribution < 1.29 is 18.0 Å². The number of anilines is 1. The Morgan fingerprint density at radius 1 is 0.968 bits per heavy atom. The van der Waals surface area contributed by atoms with E-state index >= 15 is 0 Å². The number of rotatable bonds is 6. The summed E-state index contributed by atoms with van der Waals surface area (Å²) in [6, 6.07) is 22.3. The Kier molecular flexibility index (Phi) is 5.72. The first-order valence-electron chi connectivity index (χ1n) is 10.2. The van der Waals surface area contributed by atoms with Crippen molar-refractivity contribution in [3.63, 3.8) is 0 Å². The van der Waals surface area contributed by atoms with Crippen LogP contribution >= 0.6 is 0 Å². The van der Waals surface area contributed by atoms with E-state index in [9.17, 15) is 18.0 Å². The second-order valence-corrected chi connectivity index (χ2v) is 7.80. The maximum atomic E-state index is 13.2. The summed E-state index contributed by atoms with van der Waals surface area (Å²) in [6.45, 7) is 1.98. The summed E-state index contributed by atoms with van der Waals surface area (Å²) < 4.78 is 39.5. The molecule has 1 aliphatic heterocycles. The quantitative estimate of drug-likeness (QED) is 0.504. The average Bonchev–Trinajstić information content (AvgIpc) is 3.04. The van der Waals surface area contributed by atoms with Crippen LogP contribution in [-0.4, -0.2) is 16.8 Å². The monoisotopic (exact) mass is 424 g/mol. The van der Waals surface area contributed by atoms with Gasteiger partial charge in [0.25, 0.3) is 5.91 Å². The van der Waals surface area contributed by atoms with E-state index in [0.717, 1.165) is 30.5 Å². The Hall–Kier alpha value is -3.28. The van der Waals surface area contributed by atoms with Gasteiger partial charge in [0.2, 0.25) is 0 Å². The summed E-state index contributed by atoms with van der Waals surface area (Å²) in [4.78, 5) is 14.9. The zero-order chi connectivity index (χ0) is 22.0. The van der Waals surface area contributed by atoms with Crippen molar-refractivity contribution in [3.05, 3.63) is 101 Å². The number of halogens is 3. The summed E-state index contributed by atoms with van der Waals surface area (Å²) in [6.07, 6.45) is -3.41. The van der Waals surface area contributed by atoms with Crippen LogP contribution in [0.1, 0.15) is 46.6 Å². The Bertz CT molecular complexity index is 1070. The topological polar surface area (TPSA) is 32.3 Å². The first-order valence-corrected chi connectivity index (χ1v) is 10.2. The molecule has 0 saturated heterocycles. The number of aryl methyl sites for hydroxylation is 1. The first kappa shape index (κ1) is 21.0. The van der Waals surface area contributed by atoms with Crippen molar-refractivity contribution in [2.24, 2.45) is 0 Å². The van der Waals surface area contributed by atoms with Crippen LogP contribution in [0.5, 0.6) is 0 Å². The standard InChI is InChI=1S/C25H23F3N2O/c1-17(14-15-18-8-3-2-4-9-18)30-23(21-12-5-6-13-22(21)24(30)31)29-20-11-7-10-19(16-20)25(26,27)28/h2-13,16-17,23,29H,14-15H2,1H3/t17-,23-/m1/s1. The smallest absolute Gasteiger partial charge is 0.361 e. The summed E-state index contributed by atoms with van der Waals surface area (Å²) >= 11 is 0. The molecule has 6 heteroatoms. The van der Waals surface area contributed by atoms with Crippen LogP contribution < -0.4 is 5.32 Å². The molecule has 0 unspecified atom stereocenters. The van der Waals surface area contributed by atoms with Crippen molar-refractivity contribution in [2.45, 2.75) is 38.1 Å². The van der Waals surface area contributed by atoms with Gasteiger partial charge in [0.05, 0.1) is 5.56 Å². The Balaban J connectivity index is 1.60. The number of hydrogen-bond donors (Lipinski definition) is 1. The molecular weight excluding hydrogens is 401 g/mol. The highest BCUT2D eigenvalue weighted by Gasteiger charge is 2.39. The Morgan fingerprint density at radius 2 is 1.68 bits per heavy atom. The number of benzene rings is 3. The number of nitrogens with one attached hydrogen (secondary N) is 1. The molecule has 1 heterocycles. The molecule has 3 aromatic rings. The lowest BCUT2D eigenvalue weighted by Crippen LogP contribution is -2.39. The molecule has 4 rings (SSSR count). The summed E-state index contributed by atoms with van der Waals surface area (Å²) in [7, 11) is 0. The molecule has 160 valence electrons. The predicted octanol–water partition coefficient (Wildman–Crippen LogP) is 6.29. The number of nitrogens with zero attached hydrogens (tertiary/aromatic N) is 1. The van der Waals surface area contributed by atoms with E-state index < -0.39 is 17.9 Å². The van der Waals surface area contributed by atoms with Gasteiger partial charge in [0.15, 0.2) is 0 Å². The molecule has 0 radical (unpaired) electrons. The molecular formula is C25H23F3N2O. The highest BCUT2D eigenvalue weighted by molar-refractivity contribution is 5.99. The largest absolute Gasteiger partial charge is 0.416 e. The minimum absolute atomic E-state index is 0.108. The van der Waals surface area contributed by atoms with Gasteiger partial charge in [-0.25, -0.2) is 0 Å². The lowest BCUT2D eigenvalue weighted by Gasteiger charge is -2.32. The summed E-state index contributed by atoms with van der Waals surface area (Å²) in [5, 5.41) is 3.17. The molecule has 0 bridgehead atoms. The molecule has 3 aromatic carbocycles. The highest BCUT2D eigenvalue weighted by atomic mass is 19.4. The minimum atomic E-state index is -4.43. The number of carbonyl (C=O) groups excluding carboxylic acids is 1. The Morgan fingerprint density at radius 3 is 2.42 bits per heavy atom. The van der Waals surface area contributed by atoms with Crippen molar-refractivity contribution >= 4 is 11.6 Å². The van der Waals surface area contributed by atoms with E-state index in [1.54, 1.807) is 23.1 Å². The SMILES string of the molecule is C[C@H](CCc1ccccc1)N1C(=O)c2ccccc2[C@@H]1Nc1cccc(C(F)(F)F)c1. The average molecular weight is 424 g/mol. The van der Waals surface area contributed by atoms with Crippen molar-refractivity contribution in [2.75, 3.05) is 5.32 Å². The summed E-state index contributed by atoms with van der Waals surface area (Å²) in [5.41, 5.74) is 2.14. The fourth-order valence-corrected chi connectivity index (χ4v) is 4.04. The fourth-order valence-electron chi connectivity index (χ4n) is 4.04. The van der Waals surface area contributed by atoms with Gasteiger partial charge in [-0.15, -0.1) is 0 Å². The van der Waals surface area contributed by atoms with E-state index in [1.807, 2.05) is 49.4 Å². The maximum absolute atomic E-state index is 13.2.